The van der Waals surface area contributed by atoms with Crippen molar-refractivity contribution in [3.8, 4) is 28.3 Å². The van der Waals surface area contributed by atoms with E-state index >= 15 is 0 Å². The first-order valence-corrected chi connectivity index (χ1v) is 9.61. The molecule has 0 saturated heterocycles. The molecule has 4 nitrogen and oxygen atoms in total. The lowest BCUT2D eigenvalue weighted by Crippen LogP contribution is -2.03. The van der Waals surface area contributed by atoms with Crippen LogP contribution in [0.3, 0.4) is 0 Å². The molecule has 0 bridgehead atoms. The van der Waals surface area contributed by atoms with Gasteiger partial charge in [-0.3, -0.25) is 4.79 Å². The van der Waals surface area contributed by atoms with Crippen molar-refractivity contribution in [3.05, 3.63) is 72.8 Å². The largest absolute Gasteiger partial charge is 0.478 e. The summed E-state index contributed by atoms with van der Waals surface area (Å²) in [5.74, 6) is 0.395. The fourth-order valence-corrected chi connectivity index (χ4v) is 2.91. The Kier molecular flexibility index (Phi) is 7.19. The smallest absolute Gasteiger partial charge is 0.302 e. The van der Waals surface area contributed by atoms with Crippen LogP contribution in [0.2, 0.25) is 0 Å². The monoisotopic (exact) mass is 375 g/mol. The van der Waals surface area contributed by atoms with Gasteiger partial charge in [0.2, 0.25) is 5.88 Å². The molecule has 0 unspecified atom stereocenters. The highest BCUT2D eigenvalue weighted by Crippen LogP contribution is 2.28. The number of benzene rings is 2. The summed E-state index contributed by atoms with van der Waals surface area (Å²) in [6.07, 6.45) is 2.67. The number of carbonyl (C=O) groups excluding carboxylic acids is 1. The molecular weight excluding hydrogens is 350 g/mol. The second-order valence-electron chi connectivity index (χ2n) is 6.56. The molecule has 0 aliphatic heterocycles. The summed E-state index contributed by atoms with van der Waals surface area (Å²) >= 11 is 0. The summed E-state index contributed by atoms with van der Waals surface area (Å²) in [6.45, 7) is 2.48. The molecule has 1 aromatic heterocycles. The molecule has 0 radical (unpaired) electrons. The zero-order chi connectivity index (χ0) is 19.6. The zero-order valence-corrected chi connectivity index (χ0v) is 16.1. The molecule has 3 rings (SSSR count). The van der Waals surface area contributed by atoms with Crippen molar-refractivity contribution in [3.63, 3.8) is 0 Å². The lowest BCUT2D eigenvalue weighted by atomic mass is 10.0. The molecule has 1 heterocycles. The van der Waals surface area contributed by atoms with Crippen LogP contribution in [0.4, 0.5) is 0 Å². The Bertz CT molecular complexity index is 821. The van der Waals surface area contributed by atoms with Crippen molar-refractivity contribution in [2.45, 2.75) is 26.2 Å². The maximum absolute atomic E-state index is 10.8. The average molecular weight is 375 g/mol. The minimum atomic E-state index is -0.230. The van der Waals surface area contributed by atoms with Gasteiger partial charge in [0.05, 0.1) is 18.9 Å². The molecular formula is C24H25NO3. The summed E-state index contributed by atoms with van der Waals surface area (Å²) in [5.41, 5.74) is 4.17. The second kappa shape index (κ2) is 10.3. The maximum Gasteiger partial charge on any atom is 0.302 e. The van der Waals surface area contributed by atoms with Crippen molar-refractivity contribution in [1.29, 1.82) is 0 Å². The third-order valence-electron chi connectivity index (χ3n) is 4.32. The molecule has 0 spiro atoms. The van der Waals surface area contributed by atoms with Gasteiger partial charge in [-0.15, -0.1) is 0 Å². The van der Waals surface area contributed by atoms with Gasteiger partial charge in [-0.05, 0) is 36.5 Å². The Balaban J connectivity index is 1.69. The number of esters is 1. The third kappa shape index (κ3) is 5.95. The number of aromatic nitrogens is 1. The highest BCUT2D eigenvalue weighted by atomic mass is 16.5. The van der Waals surface area contributed by atoms with Gasteiger partial charge in [-0.1, -0.05) is 60.7 Å². The van der Waals surface area contributed by atoms with Gasteiger partial charge in [0.15, 0.2) is 0 Å². The summed E-state index contributed by atoms with van der Waals surface area (Å²) in [7, 11) is 0. The van der Waals surface area contributed by atoms with Gasteiger partial charge in [0, 0.05) is 18.6 Å². The van der Waals surface area contributed by atoms with Crippen LogP contribution >= 0.6 is 0 Å². The standard InChI is InChI=1S/C24H25NO3/c1-19(26)27-15-9-4-10-16-28-24-18-22(20-11-5-2-6-12-20)17-23(25-24)21-13-7-3-8-14-21/h2-3,5-8,11-14,17-18H,4,9-10,15-16H2,1H3. The first kappa shape index (κ1) is 19.6. The molecule has 0 aliphatic rings. The Morgan fingerprint density at radius 1 is 0.786 bits per heavy atom. The highest BCUT2D eigenvalue weighted by molar-refractivity contribution is 5.71. The number of hydrogen-bond donors (Lipinski definition) is 0. The van der Waals surface area contributed by atoms with Gasteiger partial charge >= 0.3 is 5.97 Å². The maximum atomic E-state index is 10.8. The van der Waals surface area contributed by atoms with Gasteiger partial charge < -0.3 is 9.47 Å². The quantitative estimate of drug-likeness (QED) is 0.364. The number of unbranched alkanes of at least 4 members (excludes halogenated alkanes) is 2. The number of hydrogen-bond acceptors (Lipinski definition) is 4. The van der Waals surface area contributed by atoms with E-state index in [4.69, 9.17) is 14.5 Å². The lowest BCUT2D eigenvalue weighted by molar-refractivity contribution is -0.141. The lowest BCUT2D eigenvalue weighted by Gasteiger charge is -2.11. The number of carbonyl (C=O) groups is 1. The van der Waals surface area contributed by atoms with Crippen molar-refractivity contribution < 1.29 is 14.3 Å². The third-order valence-corrected chi connectivity index (χ3v) is 4.32. The van der Waals surface area contributed by atoms with Crippen LogP contribution in [-0.4, -0.2) is 24.2 Å². The van der Waals surface area contributed by atoms with E-state index in [0.29, 0.717) is 19.1 Å². The van der Waals surface area contributed by atoms with E-state index in [1.807, 2.05) is 42.5 Å². The Hall–Kier alpha value is -3.14. The molecule has 3 aromatic rings. The summed E-state index contributed by atoms with van der Waals surface area (Å²) in [6, 6.07) is 24.4. The van der Waals surface area contributed by atoms with E-state index in [2.05, 4.69) is 30.3 Å². The summed E-state index contributed by atoms with van der Waals surface area (Å²) in [4.78, 5) is 15.5. The Morgan fingerprint density at radius 3 is 2.11 bits per heavy atom. The molecule has 2 aromatic carbocycles. The molecule has 0 atom stereocenters. The molecule has 144 valence electrons. The summed E-state index contributed by atoms with van der Waals surface area (Å²) in [5, 5.41) is 0. The van der Waals surface area contributed by atoms with Crippen LogP contribution in [0.15, 0.2) is 72.8 Å². The minimum absolute atomic E-state index is 0.230. The Morgan fingerprint density at radius 2 is 1.43 bits per heavy atom. The Labute approximate surface area is 166 Å². The molecule has 0 N–H and O–H groups in total. The SMILES string of the molecule is CC(=O)OCCCCCOc1cc(-c2ccccc2)cc(-c2ccccc2)n1. The van der Waals surface area contributed by atoms with Crippen molar-refractivity contribution in [1.82, 2.24) is 4.98 Å². The number of nitrogens with zero attached hydrogens (tertiary/aromatic N) is 1. The van der Waals surface area contributed by atoms with E-state index in [1.165, 1.54) is 6.92 Å². The van der Waals surface area contributed by atoms with E-state index in [9.17, 15) is 4.79 Å². The highest BCUT2D eigenvalue weighted by Gasteiger charge is 2.08. The van der Waals surface area contributed by atoms with Crippen LogP contribution < -0.4 is 4.74 Å². The average Bonchev–Trinajstić information content (AvgIpc) is 2.74. The molecule has 28 heavy (non-hydrogen) atoms. The molecule has 0 amide bonds. The topological polar surface area (TPSA) is 48.4 Å². The fourth-order valence-electron chi connectivity index (χ4n) is 2.91. The van der Waals surface area contributed by atoms with Gasteiger partial charge in [-0.25, -0.2) is 4.98 Å². The minimum Gasteiger partial charge on any atom is -0.478 e. The van der Waals surface area contributed by atoms with Crippen LogP contribution in [0.5, 0.6) is 5.88 Å². The van der Waals surface area contributed by atoms with Crippen molar-refractivity contribution >= 4 is 5.97 Å². The molecule has 0 aliphatic carbocycles. The number of ether oxygens (including phenoxy) is 2. The molecule has 0 saturated carbocycles. The van der Waals surface area contributed by atoms with Crippen LogP contribution in [0, 0.1) is 0 Å². The molecule has 4 heteroatoms. The number of pyridine rings is 1. The first-order chi connectivity index (χ1) is 13.7. The van der Waals surface area contributed by atoms with Crippen LogP contribution in [0.1, 0.15) is 26.2 Å². The fraction of sp³-hybridized carbons (Fsp3) is 0.250. The van der Waals surface area contributed by atoms with E-state index < -0.39 is 0 Å². The normalized spacial score (nSPS) is 10.5. The van der Waals surface area contributed by atoms with Gasteiger partial charge in [0.1, 0.15) is 0 Å². The molecule has 0 fully saturated rings. The van der Waals surface area contributed by atoms with Crippen LogP contribution in [0.25, 0.3) is 22.4 Å². The van der Waals surface area contributed by atoms with Gasteiger partial charge in [0.25, 0.3) is 0 Å². The van der Waals surface area contributed by atoms with Crippen molar-refractivity contribution in [2.75, 3.05) is 13.2 Å². The first-order valence-electron chi connectivity index (χ1n) is 9.61. The second-order valence-corrected chi connectivity index (χ2v) is 6.56. The summed E-state index contributed by atoms with van der Waals surface area (Å²) < 4.78 is 10.9. The van der Waals surface area contributed by atoms with Crippen molar-refractivity contribution in [2.24, 2.45) is 0 Å². The zero-order valence-electron chi connectivity index (χ0n) is 16.1. The number of rotatable bonds is 9. The predicted molar refractivity (Wildman–Crippen MR) is 111 cm³/mol. The van der Waals surface area contributed by atoms with Gasteiger partial charge in [-0.2, -0.15) is 0 Å². The van der Waals surface area contributed by atoms with E-state index in [1.54, 1.807) is 0 Å². The van der Waals surface area contributed by atoms with E-state index in [0.717, 1.165) is 41.6 Å². The van der Waals surface area contributed by atoms with E-state index in [-0.39, 0.29) is 5.97 Å². The van der Waals surface area contributed by atoms with Crippen LogP contribution in [-0.2, 0) is 9.53 Å². The predicted octanol–water partition coefficient (Wildman–Crippen LogP) is 5.53.